The van der Waals surface area contributed by atoms with Crippen LogP contribution in [-0.4, -0.2) is 19.6 Å². The number of benzene rings is 2. The molecule has 5 rings (SSSR count). The molecular weight excluding hydrogens is 404 g/mol. The summed E-state index contributed by atoms with van der Waals surface area (Å²) in [5.74, 6) is 1.21. The summed E-state index contributed by atoms with van der Waals surface area (Å²) in [5.41, 5.74) is 6.05. The lowest BCUT2D eigenvalue weighted by atomic mass is 9.62. The lowest BCUT2D eigenvalue weighted by Gasteiger charge is -2.46. The second-order valence-electron chi connectivity index (χ2n) is 8.83. The van der Waals surface area contributed by atoms with E-state index < -0.39 is 5.41 Å². The Labute approximate surface area is 197 Å². The molecule has 0 bridgehead atoms. The molecule has 1 fully saturated rings. The van der Waals surface area contributed by atoms with Gasteiger partial charge in [-0.15, -0.1) is 0 Å². The van der Waals surface area contributed by atoms with E-state index in [1.165, 1.54) is 17.0 Å². The number of hydrogen-bond donors (Lipinski definition) is 0. The van der Waals surface area contributed by atoms with Crippen molar-refractivity contribution in [1.29, 1.82) is 0 Å². The number of aromatic nitrogens is 4. The van der Waals surface area contributed by atoms with Crippen molar-refractivity contribution < 1.29 is 0 Å². The highest BCUT2D eigenvalue weighted by molar-refractivity contribution is 5.57. The first-order chi connectivity index (χ1) is 16.0. The van der Waals surface area contributed by atoms with E-state index in [0.29, 0.717) is 0 Å². The van der Waals surface area contributed by atoms with Gasteiger partial charge in [-0.2, -0.15) is 10.2 Å². The van der Waals surface area contributed by atoms with Crippen LogP contribution in [0.15, 0.2) is 72.8 Å². The van der Waals surface area contributed by atoms with Crippen molar-refractivity contribution in [2.75, 3.05) is 0 Å². The maximum Gasteiger partial charge on any atom is 0.158 e. The van der Waals surface area contributed by atoms with Crippen molar-refractivity contribution in [2.24, 2.45) is 0 Å². The molecule has 4 aromatic rings. The van der Waals surface area contributed by atoms with Gasteiger partial charge in [-0.25, -0.2) is 9.36 Å². The van der Waals surface area contributed by atoms with Gasteiger partial charge in [0.2, 0.25) is 0 Å². The van der Waals surface area contributed by atoms with Crippen LogP contribution in [0.3, 0.4) is 0 Å². The van der Waals surface area contributed by atoms with Crippen molar-refractivity contribution in [3.05, 3.63) is 138 Å². The molecule has 1 saturated carbocycles. The molecule has 1 aliphatic rings. The van der Waals surface area contributed by atoms with Gasteiger partial charge in [0, 0.05) is 17.3 Å². The molecule has 33 heavy (non-hydrogen) atoms. The van der Waals surface area contributed by atoms with Gasteiger partial charge in [-0.05, 0) is 76.6 Å². The Kier molecular flexibility index (Phi) is 5.69. The zero-order chi connectivity index (χ0) is 23.0. The molecular formula is C29H29N4. The van der Waals surface area contributed by atoms with E-state index in [9.17, 15) is 0 Å². The average molecular weight is 434 g/mol. The van der Waals surface area contributed by atoms with E-state index in [0.717, 1.165) is 22.8 Å². The van der Waals surface area contributed by atoms with Crippen molar-refractivity contribution in [3.63, 3.8) is 0 Å². The fourth-order valence-corrected chi connectivity index (χ4v) is 5.24. The third-order valence-corrected chi connectivity index (χ3v) is 6.52. The Morgan fingerprint density at radius 1 is 0.636 bits per heavy atom. The molecule has 0 saturated heterocycles. The molecule has 4 nitrogen and oxygen atoms in total. The highest BCUT2D eigenvalue weighted by Gasteiger charge is 2.52. The molecule has 0 atom stereocenters. The first kappa shape index (κ1) is 21.7. The number of nitrogens with zero attached hydrogens (tertiary/aromatic N) is 4. The molecule has 0 spiro atoms. The molecule has 1 aliphatic carbocycles. The fraction of sp³-hybridized carbons (Fsp3) is 0.207. The van der Waals surface area contributed by atoms with Crippen LogP contribution in [0.5, 0.6) is 0 Å². The Morgan fingerprint density at radius 3 is 1.42 bits per heavy atom. The number of rotatable bonds is 6. The predicted octanol–water partition coefficient (Wildman–Crippen LogP) is 5.75. The van der Waals surface area contributed by atoms with Gasteiger partial charge in [0.15, 0.2) is 6.17 Å². The van der Waals surface area contributed by atoms with Crippen LogP contribution in [0.4, 0.5) is 0 Å². The van der Waals surface area contributed by atoms with Crippen LogP contribution in [0.1, 0.15) is 40.1 Å². The molecule has 2 heterocycles. The third-order valence-electron chi connectivity index (χ3n) is 6.52. The van der Waals surface area contributed by atoms with Crippen LogP contribution >= 0.6 is 0 Å². The summed E-state index contributed by atoms with van der Waals surface area (Å²) in [7, 11) is 0. The highest BCUT2D eigenvalue weighted by atomic mass is 15.5. The Hall–Kier alpha value is -3.14. The smallest absolute Gasteiger partial charge is 0.158 e. The first-order valence-corrected chi connectivity index (χ1v) is 11.4. The second kappa shape index (κ2) is 8.66. The molecule has 0 aliphatic heterocycles. The summed E-state index contributed by atoms with van der Waals surface area (Å²) in [6.07, 6.45) is 8.45. The molecule has 0 amide bonds. The zero-order valence-corrected chi connectivity index (χ0v) is 19.6. The van der Waals surface area contributed by atoms with Crippen molar-refractivity contribution in [2.45, 2.75) is 39.3 Å². The molecule has 2 aromatic carbocycles. The number of hydrogen-bond acceptors (Lipinski definition) is 2. The summed E-state index contributed by atoms with van der Waals surface area (Å²) in [6.45, 7) is 8.36. The Balaban J connectivity index is 1.92. The Morgan fingerprint density at radius 2 is 1.06 bits per heavy atom. The summed E-state index contributed by atoms with van der Waals surface area (Å²) < 4.78 is 4.31. The summed E-state index contributed by atoms with van der Waals surface area (Å²) in [6, 6.07) is 25.8. The van der Waals surface area contributed by atoms with E-state index in [2.05, 4.69) is 136 Å². The Bertz CT molecular complexity index is 1130. The molecule has 4 heteroatoms. The van der Waals surface area contributed by atoms with Gasteiger partial charge in [0.05, 0.1) is 16.8 Å². The van der Waals surface area contributed by atoms with Crippen LogP contribution in [0.2, 0.25) is 0 Å². The average Bonchev–Trinajstić information content (AvgIpc) is 3.54. The topological polar surface area (TPSA) is 35.6 Å². The van der Waals surface area contributed by atoms with Gasteiger partial charge in [-0.1, -0.05) is 60.7 Å². The minimum Gasteiger partial charge on any atom is -0.244 e. The molecule has 2 aromatic heterocycles. The largest absolute Gasteiger partial charge is 0.244 e. The predicted molar refractivity (Wildman–Crippen MR) is 132 cm³/mol. The lowest BCUT2D eigenvalue weighted by molar-refractivity contribution is 0.241. The monoisotopic (exact) mass is 433 g/mol. The van der Waals surface area contributed by atoms with E-state index in [1.54, 1.807) is 0 Å². The number of aryl methyl sites for hydroxylation is 4. The SMILES string of the molecule is Cc1cc(C)n(C(n2nc(C)cc2C)C([C]2[CH][CH][CH][CH]2)(c2ccccc2)c2ccccc2)n1. The lowest BCUT2D eigenvalue weighted by Crippen LogP contribution is -2.48. The standard InChI is InChI=1S/C29H29N4/c1-21-19-23(3)32(30-21)28(33-24(4)20-22(2)31-33)29(27-17-11-12-18-27,25-13-7-5-8-14-25)26-15-9-6-10-16-26/h5-20,28H,1-4H3. The minimum absolute atomic E-state index is 0.243. The normalized spacial score (nSPS) is 14.9. The van der Waals surface area contributed by atoms with Crippen LogP contribution in [0, 0.1) is 59.3 Å². The molecule has 5 radical (unpaired) electrons. The van der Waals surface area contributed by atoms with Gasteiger partial charge in [0.1, 0.15) is 0 Å². The van der Waals surface area contributed by atoms with Crippen molar-refractivity contribution >= 4 is 0 Å². The summed E-state index contributed by atoms with van der Waals surface area (Å²) >= 11 is 0. The molecule has 165 valence electrons. The van der Waals surface area contributed by atoms with Crippen LogP contribution in [0.25, 0.3) is 0 Å². The molecule has 0 unspecified atom stereocenters. The summed E-state index contributed by atoms with van der Waals surface area (Å²) in [4.78, 5) is 0. The van der Waals surface area contributed by atoms with Gasteiger partial charge >= 0.3 is 0 Å². The fourth-order valence-electron chi connectivity index (χ4n) is 5.24. The van der Waals surface area contributed by atoms with E-state index in [1.807, 2.05) is 0 Å². The van der Waals surface area contributed by atoms with Crippen molar-refractivity contribution in [1.82, 2.24) is 19.6 Å². The third kappa shape index (κ3) is 3.62. The van der Waals surface area contributed by atoms with Crippen LogP contribution in [-0.2, 0) is 5.41 Å². The van der Waals surface area contributed by atoms with Gasteiger partial charge < -0.3 is 0 Å². The quantitative estimate of drug-likeness (QED) is 0.388. The van der Waals surface area contributed by atoms with Gasteiger partial charge in [0.25, 0.3) is 0 Å². The minimum atomic E-state index is -0.557. The second-order valence-corrected chi connectivity index (χ2v) is 8.83. The zero-order valence-electron chi connectivity index (χ0n) is 19.6. The van der Waals surface area contributed by atoms with Crippen molar-refractivity contribution in [3.8, 4) is 0 Å². The van der Waals surface area contributed by atoms with Gasteiger partial charge in [-0.3, -0.25) is 0 Å². The maximum atomic E-state index is 5.02. The summed E-state index contributed by atoms with van der Waals surface area (Å²) in [5, 5.41) is 10.0. The first-order valence-electron chi connectivity index (χ1n) is 11.4. The molecule has 0 N–H and O–H groups in total. The van der Waals surface area contributed by atoms with E-state index >= 15 is 0 Å². The van der Waals surface area contributed by atoms with E-state index in [4.69, 9.17) is 10.2 Å². The highest BCUT2D eigenvalue weighted by Crippen LogP contribution is 2.54. The van der Waals surface area contributed by atoms with E-state index in [-0.39, 0.29) is 6.17 Å². The van der Waals surface area contributed by atoms with Crippen LogP contribution < -0.4 is 0 Å². The maximum absolute atomic E-state index is 5.02.